The van der Waals surface area contributed by atoms with E-state index in [2.05, 4.69) is 4.98 Å². The molecule has 0 aliphatic heterocycles. The molecule has 0 spiro atoms. The van der Waals surface area contributed by atoms with Crippen LogP contribution in [0.2, 0.25) is 0 Å². The first-order valence-corrected chi connectivity index (χ1v) is 6.78. The molecular formula is C14H11NO4S. The Morgan fingerprint density at radius 1 is 1.35 bits per heavy atom. The third kappa shape index (κ3) is 2.56. The molecule has 0 aliphatic carbocycles. The van der Waals surface area contributed by atoms with Crippen molar-refractivity contribution < 1.29 is 14.3 Å². The molecule has 2 heterocycles. The smallest absolute Gasteiger partial charge is 0.227 e. The van der Waals surface area contributed by atoms with Crippen LogP contribution in [-0.2, 0) is 13.2 Å². The lowest BCUT2D eigenvalue weighted by molar-refractivity contribution is 0.236. The van der Waals surface area contributed by atoms with Gasteiger partial charge in [0.05, 0.1) is 10.2 Å². The molecule has 2 aromatic heterocycles. The minimum Gasteiger partial charge on any atom is -0.479 e. The molecule has 5 nitrogen and oxygen atoms in total. The van der Waals surface area contributed by atoms with Crippen molar-refractivity contribution in [2.24, 2.45) is 0 Å². The van der Waals surface area contributed by atoms with Gasteiger partial charge in [-0.05, 0) is 12.1 Å². The van der Waals surface area contributed by atoms with Gasteiger partial charge in [0.25, 0.3) is 0 Å². The van der Waals surface area contributed by atoms with Gasteiger partial charge >= 0.3 is 0 Å². The molecule has 0 saturated heterocycles. The number of aliphatic hydroxyl groups excluding tert-OH is 1. The number of hydrogen-bond donors (Lipinski definition) is 1. The molecular weight excluding hydrogens is 278 g/mol. The van der Waals surface area contributed by atoms with Gasteiger partial charge in [-0.3, -0.25) is 4.79 Å². The Hall–Kier alpha value is -2.18. The van der Waals surface area contributed by atoms with Gasteiger partial charge < -0.3 is 14.3 Å². The summed E-state index contributed by atoms with van der Waals surface area (Å²) in [5, 5.41) is 9.65. The maximum atomic E-state index is 11.7. The van der Waals surface area contributed by atoms with E-state index < -0.39 is 0 Å². The molecule has 0 fully saturated rings. The maximum Gasteiger partial charge on any atom is 0.227 e. The van der Waals surface area contributed by atoms with Crippen LogP contribution < -0.4 is 10.2 Å². The molecule has 102 valence electrons. The third-order valence-corrected chi connectivity index (χ3v) is 3.71. The van der Waals surface area contributed by atoms with Crippen LogP contribution in [0.15, 0.2) is 45.8 Å². The van der Waals surface area contributed by atoms with Crippen molar-refractivity contribution in [1.82, 2.24) is 4.98 Å². The molecule has 0 saturated carbocycles. The summed E-state index contributed by atoms with van der Waals surface area (Å²) in [6.07, 6.45) is 1.21. The Balaban J connectivity index is 1.77. The molecule has 1 N–H and O–H groups in total. The Morgan fingerprint density at radius 2 is 2.20 bits per heavy atom. The standard InChI is InChI=1S/C14H11NO4S/c16-6-9-5-11(17)12(7-18-9)19-8-14-15-10-3-1-2-4-13(10)20-14/h1-5,7,16H,6,8H2. The zero-order valence-electron chi connectivity index (χ0n) is 10.4. The summed E-state index contributed by atoms with van der Waals surface area (Å²) in [6.45, 7) is -0.101. The van der Waals surface area contributed by atoms with Crippen molar-refractivity contribution in [2.75, 3.05) is 0 Å². The average Bonchev–Trinajstić information content (AvgIpc) is 2.88. The molecule has 20 heavy (non-hydrogen) atoms. The van der Waals surface area contributed by atoms with Crippen LogP contribution in [0.3, 0.4) is 0 Å². The van der Waals surface area contributed by atoms with E-state index in [0.717, 1.165) is 15.2 Å². The predicted molar refractivity (Wildman–Crippen MR) is 74.9 cm³/mol. The quantitative estimate of drug-likeness (QED) is 0.798. The van der Waals surface area contributed by atoms with E-state index in [1.54, 1.807) is 0 Å². The number of thiazole rings is 1. The van der Waals surface area contributed by atoms with E-state index in [4.69, 9.17) is 14.3 Å². The Morgan fingerprint density at radius 3 is 2.95 bits per heavy atom. The summed E-state index contributed by atoms with van der Waals surface area (Å²) < 4.78 is 11.5. The fourth-order valence-corrected chi connectivity index (χ4v) is 2.63. The highest BCUT2D eigenvalue weighted by Crippen LogP contribution is 2.22. The summed E-state index contributed by atoms with van der Waals surface area (Å²) >= 11 is 1.52. The lowest BCUT2D eigenvalue weighted by Crippen LogP contribution is -2.07. The second-order valence-electron chi connectivity index (χ2n) is 4.10. The average molecular weight is 289 g/mol. The van der Waals surface area contributed by atoms with E-state index in [9.17, 15) is 4.79 Å². The normalized spacial score (nSPS) is 10.8. The number of aromatic nitrogens is 1. The van der Waals surface area contributed by atoms with Crippen molar-refractivity contribution in [3.05, 3.63) is 57.6 Å². The number of nitrogens with zero attached hydrogens (tertiary/aromatic N) is 1. The van der Waals surface area contributed by atoms with Crippen molar-refractivity contribution in [3.8, 4) is 5.75 Å². The zero-order chi connectivity index (χ0) is 13.9. The van der Waals surface area contributed by atoms with Gasteiger partial charge in [0.2, 0.25) is 11.2 Å². The van der Waals surface area contributed by atoms with Gasteiger partial charge in [0.1, 0.15) is 30.2 Å². The monoisotopic (exact) mass is 289 g/mol. The highest BCUT2D eigenvalue weighted by atomic mass is 32.1. The van der Waals surface area contributed by atoms with Crippen LogP contribution in [0.4, 0.5) is 0 Å². The lowest BCUT2D eigenvalue weighted by Gasteiger charge is -2.02. The van der Waals surface area contributed by atoms with Crippen molar-refractivity contribution in [2.45, 2.75) is 13.2 Å². The van der Waals surface area contributed by atoms with Gasteiger partial charge in [-0.25, -0.2) is 4.98 Å². The van der Waals surface area contributed by atoms with E-state index in [1.165, 1.54) is 23.7 Å². The number of hydrogen-bond acceptors (Lipinski definition) is 6. The number of para-hydroxylation sites is 1. The highest BCUT2D eigenvalue weighted by Gasteiger charge is 2.07. The van der Waals surface area contributed by atoms with E-state index in [-0.39, 0.29) is 30.2 Å². The van der Waals surface area contributed by atoms with Gasteiger partial charge in [-0.2, -0.15) is 0 Å². The Labute approximate surface area is 118 Å². The SMILES string of the molecule is O=c1cc(CO)occ1OCc1nc2ccccc2s1. The second-order valence-corrected chi connectivity index (χ2v) is 5.21. The van der Waals surface area contributed by atoms with E-state index in [1.807, 2.05) is 24.3 Å². The summed E-state index contributed by atoms with van der Waals surface area (Å²) in [4.78, 5) is 16.1. The van der Waals surface area contributed by atoms with E-state index in [0.29, 0.717) is 0 Å². The van der Waals surface area contributed by atoms with Crippen LogP contribution in [0.5, 0.6) is 5.75 Å². The molecule has 3 rings (SSSR count). The van der Waals surface area contributed by atoms with E-state index >= 15 is 0 Å². The first-order valence-electron chi connectivity index (χ1n) is 5.96. The lowest BCUT2D eigenvalue weighted by atomic mass is 10.3. The highest BCUT2D eigenvalue weighted by molar-refractivity contribution is 7.18. The number of ether oxygens (including phenoxy) is 1. The molecule has 3 aromatic rings. The fraction of sp³-hybridized carbons (Fsp3) is 0.143. The van der Waals surface area contributed by atoms with Crippen LogP contribution in [0.1, 0.15) is 10.8 Å². The zero-order valence-corrected chi connectivity index (χ0v) is 11.2. The molecule has 0 radical (unpaired) electrons. The van der Waals surface area contributed by atoms with Gasteiger partial charge in [-0.15, -0.1) is 11.3 Å². The van der Waals surface area contributed by atoms with Crippen LogP contribution in [0.25, 0.3) is 10.2 Å². The molecule has 0 unspecified atom stereocenters. The van der Waals surface area contributed by atoms with Crippen molar-refractivity contribution in [3.63, 3.8) is 0 Å². The van der Waals surface area contributed by atoms with Gasteiger partial charge in [0.15, 0.2) is 0 Å². The molecule has 6 heteroatoms. The molecule has 0 bridgehead atoms. The topological polar surface area (TPSA) is 72.6 Å². The molecule has 0 amide bonds. The fourth-order valence-electron chi connectivity index (χ4n) is 1.75. The minimum atomic E-state index is -0.318. The van der Waals surface area contributed by atoms with Crippen molar-refractivity contribution in [1.29, 1.82) is 0 Å². The first kappa shape index (κ1) is 12.8. The summed E-state index contributed by atoms with van der Waals surface area (Å²) in [5.74, 6) is 0.323. The number of fused-ring (bicyclic) bond motifs is 1. The van der Waals surface area contributed by atoms with Crippen LogP contribution in [-0.4, -0.2) is 10.1 Å². The van der Waals surface area contributed by atoms with Gasteiger partial charge in [-0.1, -0.05) is 12.1 Å². The molecule has 0 atom stereocenters. The number of aliphatic hydroxyl groups is 1. The predicted octanol–water partition coefficient (Wildman–Crippen LogP) is 2.32. The van der Waals surface area contributed by atoms with Gasteiger partial charge in [0, 0.05) is 6.07 Å². The second kappa shape index (κ2) is 5.44. The molecule has 0 aliphatic rings. The summed E-state index contributed by atoms with van der Waals surface area (Å²) in [6, 6.07) is 9.01. The molecule has 1 aromatic carbocycles. The number of benzene rings is 1. The Bertz CT molecular complexity index is 760. The largest absolute Gasteiger partial charge is 0.479 e. The summed E-state index contributed by atoms with van der Waals surface area (Å²) in [5.41, 5.74) is 0.597. The van der Waals surface area contributed by atoms with Crippen LogP contribution >= 0.6 is 11.3 Å². The summed E-state index contributed by atoms with van der Waals surface area (Å²) in [7, 11) is 0. The Kier molecular flexibility index (Phi) is 3.49. The third-order valence-electron chi connectivity index (χ3n) is 2.70. The van der Waals surface area contributed by atoms with Crippen LogP contribution in [0, 0.1) is 0 Å². The number of rotatable bonds is 4. The minimum absolute atomic E-state index is 0.112. The van der Waals surface area contributed by atoms with Crippen molar-refractivity contribution >= 4 is 21.6 Å². The maximum absolute atomic E-state index is 11.7. The first-order chi connectivity index (χ1) is 9.76.